The van der Waals surface area contributed by atoms with Crippen LogP contribution >= 0.6 is 0 Å². The van der Waals surface area contributed by atoms with Gasteiger partial charge in [0.2, 0.25) is 5.90 Å². The van der Waals surface area contributed by atoms with Gasteiger partial charge in [0.05, 0.1) is 25.1 Å². The first-order valence-electron chi connectivity index (χ1n) is 8.92. The van der Waals surface area contributed by atoms with Crippen LogP contribution in [-0.2, 0) is 9.53 Å². The fourth-order valence-corrected chi connectivity index (χ4v) is 2.81. The Labute approximate surface area is 159 Å². The van der Waals surface area contributed by atoms with Gasteiger partial charge in [-0.1, -0.05) is 24.3 Å². The van der Waals surface area contributed by atoms with Crippen molar-refractivity contribution in [2.24, 2.45) is 5.10 Å². The molecule has 6 nitrogen and oxygen atoms in total. The molecule has 1 heterocycles. The molecule has 27 heavy (non-hydrogen) atoms. The van der Waals surface area contributed by atoms with E-state index >= 15 is 0 Å². The largest absolute Gasteiger partial charge is 0.495 e. The predicted octanol–water partition coefficient (Wildman–Crippen LogP) is 3.91. The van der Waals surface area contributed by atoms with Crippen LogP contribution in [0.15, 0.2) is 59.2 Å². The van der Waals surface area contributed by atoms with Gasteiger partial charge in [-0.05, 0) is 49.8 Å². The van der Waals surface area contributed by atoms with Crippen LogP contribution in [0, 0.1) is 0 Å². The summed E-state index contributed by atoms with van der Waals surface area (Å²) >= 11 is 0. The predicted molar refractivity (Wildman–Crippen MR) is 108 cm³/mol. The minimum absolute atomic E-state index is 0.223. The van der Waals surface area contributed by atoms with E-state index in [1.165, 1.54) is 5.01 Å². The van der Waals surface area contributed by atoms with Crippen LogP contribution in [0.5, 0.6) is 5.75 Å². The minimum atomic E-state index is -0.223. The first-order valence-corrected chi connectivity index (χ1v) is 8.92. The number of hydrogen-bond acceptors (Lipinski definition) is 5. The topological polar surface area (TPSA) is 63.2 Å². The van der Waals surface area contributed by atoms with E-state index in [9.17, 15) is 4.79 Å². The second-order valence-corrected chi connectivity index (χ2v) is 5.84. The normalized spacial score (nSPS) is 15.1. The van der Waals surface area contributed by atoms with Crippen LogP contribution in [-0.4, -0.2) is 32.1 Å². The molecule has 0 radical (unpaired) electrons. The Morgan fingerprint density at radius 3 is 2.59 bits per heavy atom. The summed E-state index contributed by atoms with van der Waals surface area (Å²) in [5.74, 6) is 0.812. The molecule has 6 heteroatoms. The molecule has 140 valence electrons. The number of benzene rings is 2. The van der Waals surface area contributed by atoms with Crippen molar-refractivity contribution in [3.05, 3.63) is 59.7 Å². The number of nitrogens with one attached hydrogen (secondary N) is 1. The van der Waals surface area contributed by atoms with Crippen molar-refractivity contribution >= 4 is 29.3 Å². The number of rotatable bonds is 6. The van der Waals surface area contributed by atoms with Gasteiger partial charge in [0, 0.05) is 6.54 Å². The smallest absolute Gasteiger partial charge is 0.284 e. The summed E-state index contributed by atoms with van der Waals surface area (Å²) in [7, 11) is 1.62. The number of hydrogen-bond donors (Lipinski definition) is 1. The molecule has 3 rings (SSSR count). The van der Waals surface area contributed by atoms with Crippen LogP contribution in [0.25, 0.3) is 6.08 Å². The van der Waals surface area contributed by atoms with Crippen LogP contribution in [0.3, 0.4) is 0 Å². The molecule has 2 aromatic rings. The van der Waals surface area contributed by atoms with E-state index in [4.69, 9.17) is 9.47 Å². The Morgan fingerprint density at radius 2 is 1.93 bits per heavy atom. The fraction of sp³-hybridized carbons (Fsp3) is 0.238. The quantitative estimate of drug-likeness (QED) is 0.789. The molecule has 0 fully saturated rings. The lowest BCUT2D eigenvalue weighted by atomic mass is 10.1. The third-order valence-corrected chi connectivity index (χ3v) is 4.03. The maximum atomic E-state index is 12.9. The van der Waals surface area contributed by atoms with Gasteiger partial charge in [0.25, 0.3) is 5.91 Å². The molecule has 0 spiro atoms. The molecule has 0 aliphatic carbocycles. The summed E-state index contributed by atoms with van der Waals surface area (Å²) in [5, 5.41) is 8.97. The molecule has 0 saturated heterocycles. The highest BCUT2D eigenvalue weighted by molar-refractivity contribution is 6.30. The lowest BCUT2D eigenvalue weighted by Crippen LogP contribution is -2.21. The maximum Gasteiger partial charge on any atom is 0.284 e. The number of amides is 1. The van der Waals surface area contributed by atoms with Gasteiger partial charge in [0.1, 0.15) is 11.3 Å². The molecule has 0 atom stereocenters. The summed E-state index contributed by atoms with van der Waals surface area (Å²) < 4.78 is 11.1. The van der Waals surface area contributed by atoms with Crippen molar-refractivity contribution in [1.29, 1.82) is 0 Å². The van der Waals surface area contributed by atoms with Gasteiger partial charge in [-0.15, -0.1) is 5.10 Å². The van der Waals surface area contributed by atoms with Crippen LogP contribution in [0.2, 0.25) is 0 Å². The average Bonchev–Trinajstić information content (AvgIpc) is 3.00. The fourth-order valence-electron chi connectivity index (χ4n) is 2.81. The van der Waals surface area contributed by atoms with Gasteiger partial charge >= 0.3 is 0 Å². The molecular weight excluding hydrogens is 342 g/mol. The van der Waals surface area contributed by atoms with Crippen molar-refractivity contribution in [1.82, 2.24) is 0 Å². The van der Waals surface area contributed by atoms with E-state index in [0.717, 1.165) is 17.8 Å². The third kappa shape index (κ3) is 3.95. The Bertz CT molecular complexity index is 875. The van der Waals surface area contributed by atoms with Crippen molar-refractivity contribution in [3.63, 3.8) is 0 Å². The lowest BCUT2D eigenvalue weighted by Gasteiger charge is -2.11. The van der Waals surface area contributed by atoms with Crippen molar-refractivity contribution in [2.45, 2.75) is 13.8 Å². The van der Waals surface area contributed by atoms with Crippen molar-refractivity contribution < 1.29 is 14.3 Å². The van der Waals surface area contributed by atoms with E-state index in [-0.39, 0.29) is 5.91 Å². The Morgan fingerprint density at radius 1 is 1.15 bits per heavy atom. The van der Waals surface area contributed by atoms with Crippen LogP contribution in [0.4, 0.5) is 11.4 Å². The number of ether oxygens (including phenoxy) is 2. The van der Waals surface area contributed by atoms with Gasteiger partial charge in [-0.3, -0.25) is 4.79 Å². The third-order valence-electron chi connectivity index (χ3n) is 4.03. The Kier molecular flexibility index (Phi) is 5.76. The number of anilines is 2. The second kappa shape index (κ2) is 8.40. The number of carbonyl (C=O) groups excluding carboxylic acids is 1. The Balaban J connectivity index is 1.97. The SMILES string of the molecule is CCNc1ccc(/C=C2\C(=O)N(c3ccccc3)N=C2OCC)cc1OC. The lowest BCUT2D eigenvalue weighted by molar-refractivity contribution is -0.114. The standard InChI is InChI=1S/C21H23N3O3/c1-4-22-18-12-11-15(14-19(18)26-3)13-17-20(27-5-2)23-24(21(17)25)16-9-7-6-8-10-16/h6-14,22H,4-5H2,1-3H3/b17-13-. The van der Waals surface area contributed by atoms with Gasteiger partial charge < -0.3 is 14.8 Å². The highest BCUT2D eigenvalue weighted by Crippen LogP contribution is 2.29. The first-order chi connectivity index (χ1) is 13.2. The van der Waals surface area contributed by atoms with E-state index in [2.05, 4.69) is 10.4 Å². The zero-order chi connectivity index (χ0) is 19.2. The zero-order valence-corrected chi connectivity index (χ0v) is 15.7. The van der Waals surface area contributed by atoms with E-state index < -0.39 is 0 Å². The Hall–Kier alpha value is -3.28. The minimum Gasteiger partial charge on any atom is -0.495 e. The molecule has 0 unspecified atom stereocenters. The number of carbonyl (C=O) groups is 1. The molecule has 0 bridgehead atoms. The molecule has 1 N–H and O–H groups in total. The monoisotopic (exact) mass is 365 g/mol. The maximum absolute atomic E-state index is 12.9. The molecule has 0 aromatic heterocycles. The zero-order valence-electron chi connectivity index (χ0n) is 15.7. The summed E-state index contributed by atoms with van der Waals surface area (Å²) in [5.41, 5.74) is 2.85. The number of hydrazone groups is 1. The molecule has 1 amide bonds. The first kappa shape index (κ1) is 18.5. The van der Waals surface area contributed by atoms with Crippen molar-refractivity contribution in [2.75, 3.05) is 30.6 Å². The molecule has 2 aromatic carbocycles. The van der Waals surface area contributed by atoms with Gasteiger partial charge in [-0.2, -0.15) is 5.01 Å². The number of nitrogens with zero attached hydrogens (tertiary/aromatic N) is 2. The highest BCUT2D eigenvalue weighted by atomic mass is 16.5. The van der Waals surface area contributed by atoms with Gasteiger partial charge in [0.15, 0.2) is 0 Å². The number of methoxy groups -OCH3 is 1. The summed E-state index contributed by atoms with van der Waals surface area (Å²) in [6.45, 7) is 5.11. The molecule has 1 aliphatic heterocycles. The summed E-state index contributed by atoms with van der Waals surface area (Å²) in [6.07, 6.45) is 1.78. The van der Waals surface area contributed by atoms with E-state index in [1.807, 2.05) is 62.4 Å². The van der Waals surface area contributed by atoms with Crippen LogP contribution < -0.4 is 15.1 Å². The van der Waals surface area contributed by atoms with Crippen molar-refractivity contribution in [3.8, 4) is 5.75 Å². The van der Waals surface area contributed by atoms with E-state index in [1.54, 1.807) is 13.2 Å². The average molecular weight is 365 g/mol. The summed E-state index contributed by atoms with van der Waals surface area (Å²) in [6, 6.07) is 15.0. The van der Waals surface area contributed by atoms with Gasteiger partial charge in [-0.25, -0.2) is 0 Å². The molecule has 0 saturated carbocycles. The second-order valence-electron chi connectivity index (χ2n) is 5.84. The van der Waals surface area contributed by atoms with E-state index in [0.29, 0.717) is 29.5 Å². The number of para-hydroxylation sites is 1. The molecular formula is C21H23N3O3. The van der Waals surface area contributed by atoms with Crippen LogP contribution in [0.1, 0.15) is 19.4 Å². The molecule has 1 aliphatic rings. The highest BCUT2D eigenvalue weighted by Gasteiger charge is 2.32. The summed E-state index contributed by atoms with van der Waals surface area (Å²) in [4.78, 5) is 12.9.